The fourth-order valence-electron chi connectivity index (χ4n) is 6.85. The van der Waals surface area contributed by atoms with Crippen LogP contribution < -0.4 is 9.64 Å². The van der Waals surface area contributed by atoms with E-state index in [-0.39, 0.29) is 0 Å². The van der Waals surface area contributed by atoms with Gasteiger partial charge in [-0.05, 0) is 94.5 Å². The van der Waals surface area contributed by atoms with Crippen LogP contribution in [0.3, 0.4) is 0 Å². The number of hydrogen-bond donors (Lipinski definition) is 0. The Balaban J connectivity index is 1.59. The lowest BCUT2D eigenvalue weighted by molar-refractivity contribution is 0.137. The molecule has 2 aliphatic heterocycles. The number of aryl methyl sites for hydroxylation is 4. The Labute approximate surface area is 242 Å². The average molecular weight is 541 g/mol. The van der Waals surface area contributed by atoms with E-state index < -0.39 is 0 Å². The van der Waals surface area contributed by atoms with Crippen molar-refractivity contribution in [2.75, 3.05) is 31.6 Å². The fraction of sp³-hybridized carbons (Fsp3) is 0.543. The minimum Gasteiger partial charge on any atom is -0.496 e. The van der Waals surface area contributed by atoms with Crippen molar-refractivity contribution in [3.63, 3.8) is 0 Å². The summed E-state index contributed by atoms with van der Waals surface area (Å²) in [6.45, 7) is 15.2. The Hall–Kier alpha value is -2.92. The molecular formula is C35H48N4O. The third-order valence-corrected chi connectivity index (χ3v) is 9.32. The first-order chi connectivity index (χ1) is 19.5. The molecule has 0 saturated carbocycles. The molecule has 1 unspecified atom stereocenters. The molecular weight excluding hydrogens is 492 g/mol. The Kier molecular flexibility index (Phi) is 9.10. The zero-order valence-corrected chi connectivity index (χ0v) is 25.6. The number of methoxy groups -OCH3 is 1. The van der Waals surface area contributed by atoms with Gasteiger partial charge >= 0.3 is 0 Å². The lowest BCUT2D eigenvalue weighted by Crippen LogP contribution is -2.36. The zero-order valence-electron chi connectivity index (χ0n) is 25.6. The van der Waals surface area contributed by atoms with E-state index in [4.69, 9.17) is 14.7 Å². The van der Waals surface area contributed by atoms with Crippen molar-refractivity contribution in [3.8, 4) is 17.1 Å². The average Bonchev–Trinajstić information content (AvgIpc) is 2.99. The van der Waals surface area contributed by atoms with Crippen LogP contribution in [0.5, 0.6) is 5.75 Å². The van der Waals surface area contributed by atoms with Gasteiger partial charge in [-0.25, -0.2) is 9.97 Å². The lowest BCUT2D eigenvalue weighted by Gasteiger charge is -2.38. The maximum atomic E-state index is 6.00. The molecule has 0 amide bonds. The van der Waals surface area contributed by atoms with Crippen LogP contribution in [0.25, 0.3) is 11.4 Å². The highest BCUT2D eigenvalue weighted by molar-refractivity contribution is 5.68. The Morgan fingerprint density at radius 3 is 2.23 bits per heavy atom. The maximum Gasteiger partial charge on any atom is 0.162 e. The van der Waals surface area contributed by atoms with Gasteiger partial charge in [0.05, 0.1) is 7.11 Å². The first kappa shape index (κ1) is 28.6. The molecule has 0 spiro atoms. The second-order valence-corrected chi connectivity index (χ2v) is 11.8. The Morgan fingerprint density at radius 2 is 1.55 bits per heavy atom. The first-order valence-corrected chi connectivity index (χ1v) is 15.6. The summed E-state index contributed by atoms with van der Waals surface area (Å²) in [7, 11) is 1.82. The van der Waals surface area contributed by atoms with E-state index >= 15 is 0 Å². The molecule has 0 radical (unpaired) electrons. The summed E-state index contributed by atoms with van der Waals surface area (Å²) < 4.78 is 6.00. The molecule has 5 heteroatoms. The molecule has 2 aliphatic rings. The van der Waals surface area contributed by atoms with Gasteiger partial charge in [-0.3, -0.25) is 4.90 Å². The van der Waals surface area contributed by atoms with Crippen molar-refractivity contribution in [3.05, 3.63) is 69.4 Å². The molecule has 5 nitrogen and oxygen atoms in total. The summed E-state index contributed by atoms with van der Waals surface area (Å²) in [6, 6.07) is 11.6. The highest BCUT2D eigenvalue weighted by Gasteiger charge is 2.30. The number of ether oxygens (including phenoxy) is 1. The van der Waals surface area contributed by atoms with Crippen LogP contribution in [0.4, 0.5) is 5.82 Å². The van der Waals surface area contributed by atoms with E-state index in [1.807, 2.05) is 7.11 Å². The summed E-state index contributed by atoms with van der Waals surface area (Å²) in [4.78, 5) is 15.9. The Morgan fingerprint density at radius 1 is 0.850 bits per heavy atom. The van der Waals surface area contributed by atoms with E-state index in [0.717, 1.165) is 68.5 Å². The molecule has 2 saturated heterocycles. The molecule has 0 bridgehead atoms. The molecule has 40 heavy (non-hydrogen) atoms. The number of rotatable bonds is 8. The molecule has 1 atom stereocenters. The number of anilines is 1. The van der Waals surface area contributed by atoms with Gasteiger partial charge in [0.2, 0.25) is 0 Å². The molecule has 3 heterocycles. The number of aromatic nitrogens is 2. The van der Waals surface area contributed by atoms with Crippen molar-refractivity contribution >= 4 is 5.82 Å². The molecule has 0 aliphatic carbocycles. The van der Waals surface area contributed by atoms with E-state index in [1.165, 1.54) is 71.0 Å². The number of likely N-dealkylation sites (tertiary alicyclic amines) is 1. The number of nitrogens with zero attached hydrogens (tertiary/aromatic N) is 4. The maximum absolute atomic E-state index is 6.00. The monoisotopic (exact) mass is 540 g/mol. The third-order valence-electron chi connectivity index (χ3n) is 9.32. The standard InChI is InChI=1S/C35H48N4O/c1-7-27-15-14-16-28(8-2)32(27)34-36-26(5)30(35(37-34)38-20-11-9-12-21-38)23-39-22-13-10-17-31(39)29-19-18-24(3)25(4)33(29)40-6/h14-16,18-19,31H,7-13,17,20-23H2,1-6H3. The van der Waals surface area contributed by atoms with Crippen molar-refractivity contribution < 1.29 is 4.74 Å². The lowest BCUT2D eigenvalue weighted by atomic mass is 9.91. The predicted octanol–water partition coefficient (Wildman–Crippen LogP) is 7.92. The molecule has 1 aromatic heterocycles. The second-order valence-electron chi connectivity index (χ2n) is 11.8. The van der Waals surface area contributed by atoms with Crippen molar-refractivity contribution in [2.24, 2.45) is 0 Å². The normalized spacial score (nSPS) is 18.2. The summed E-state index contributed by atoms with van der Waals surface area (Å²) >= 11 is 0. The van der Waals surface area contributed by atoms with Crippen molar-refractivity contribution in [1.29, 1.82) is 0 Å². The van der Waals surface area contributed by atoms with Gasteiger partial charge in [0.1, 0.15) is 11.6 Å². The topological polar surface area (TPSA) is 41.5 Å². The molecule has 3 aromatic rings. The minimum absolute atomic E-state index is 0.337. The minimum atomic E-state index is 0.337. The third kappa shape index (κ3) is 5.63. The molecule has 0 N–H and O–H groups in total. The zero-order chi connectivity index (χ0) is 28.2. The molecule has 2 fully saturated rings. The summed E-state index contributed by atoms with van der Waals surface area (Å²) in [5, 5.41) is 0. The first-order valence-electron chi connectivity index (χ1n) is 15.6. The highest BCUT2D eigenvalue weighted by Crippen LogP contribution is 2.41. The van der Waals surface area contributed by atoms with E-state index in [9.17, 15) is 0 Å². The second kappa shape index (κ2) is 12.7. The van der Waals surface area contributed by atoms with Crippen LogP contribution >= 0.6 is 0 Å². The predicted molar refractivity (Wildman–Crippen MR) is 166 cm³/mol. The number of hydrogen-bond acceptors (Lipinski definition) is 5. The summed E-state index contributed by atoms with van der Waals surface area (Å²) in [5.74, 6) is 3.12. The van der Waals surface area contributed by atoms with Crippen LogP contribution in [0.1, 0.15) is 97.5 Å². The van der Waals surface area contributed by atoms with Gasteiger partial charge in [0.25, 0.3) is 0 Å². The van der Waals surface area contributed by atoms with Gasteiger partial charge in [-0.2, -0.15) is 0 Å². The Bertz CT molecular complexity index is 1310. The van der Waals surface area contributed by atoms with Gasteiger partial charge in [-0.15, -0.1) is 0 Å². The SMILES string of the molecule is CCc1cccc(CC)c1-c1nc(C)c(CN2CCCCC2c2ccc(C)c(C)c2OC)c(N2CCCCC2)n1. The quantitative estimate of drug-likeness (QED) is 0.290. The van der Waals surface area contributed by atoms with Gasteiger partial charge in [0.15, 0.2) is 5.82 Å². The van der Waals surface area contributed by atoms with Crippen LogP contribution in [0, 0.1) is 20.8 Å². The summed E-state index contributed by atoms with van der Waals surface area (Å²) in [5.41, 5.74) is 10.2. The molecule has 214 valence electrons. The van der Waals surface area contributed by atoms with Crippen LogP contribution in [0.15, 0.2) is 30.3 Å². The van der Waals surface area contributed by atoms with Crippen LogP contribution in [0.2, 0.25) is 0 Å². The van der Waals surface area contributed by atoms with Crippen LogP contribution in [-0.4, -0.2) is 41.6 Å². The van der Waals surface area contributed by atoms with Crippen LogP contribution in [-0.2, 0) is 19.4 Å². The van der Waals surface area contributed by atoms with Gasteiger partial charge in [-0.1, -0.05) is 50.6 Å². The van der Waals surface area contributed by atoms with Gasteiger partial charge < -0.3 is 9.64 Å². The molecule has 2 aromatic carbocycles. The van der Waals surface area contributed by atoms with E-state index in [0.29, 0.717) is 6.04 Å². The molecule has 5 rings (SSSR count). The summed E-state index contributed by atoms with van der Waals surface area (Å²) in [6.07, 6.45) is 9.37. The largest absolute Gasteiger partial charge is 0.496 e. The van der Waals surface area contributed by atoms with E-state index in [2.05, 4.69) is 74.8 Å². The van der Waals surface area contributed by atoms with Crippen molar-refractivity contribution in [1.82, 2.24) is 14.9 Å². The van der Waals surface area contributed by atoms with E-state index in [1.54, 1.807) is 0 Å². The van der Waals surface area contributed by atoms with Crippen molar-refractivity contribution in [2.45, 2.75) is 98.6 Å². The number of piperidine rings is 2. The van der Waals surface area contributed by atoms with Gasteiger partial charge in [0, 0.05) is 48.1 Å². The number of benzene rings is 2. The smallest absolute Gasteiger partial charge is 0.162 e. The fourth-order valence-corrected chi connectivity index (χ4v) is 6.85. The highest BCUT2D eigenvalue weighted by atomic mass is 16.5.